The van der Waals surface area contributed by atoms with Gasteiger partial charge in [-0.3, -0.25) is 0 Å². The first kappa shape index (κ1) is 15.3. The number of pyridine rings is 1. The minimum absolute atomic E-state index is 0.578. The number of piperidine rings is 1. The first-order valence-electron chi connectivity index (χ1n) is 6.81. The van der Waals surface area contributed by atoms with E-state index >= 15 is 0 Å². The molecule has 1 amide bonds. The summed E-state index contributed by atoms with van der Waals surface area (Å²) in [4.78, 5) is 16.4. The third-order valence-corrected chi connectivity index (χ3v) is 4.05. The summed E-state index contributed by atoms with van der Waals surface area (Å²) < 4.78 is 6.49. The average Bonchev–Trinajstić information content (AvgIpc) is 2.44. The van der Waals surface area contributed by atoms with Crippen molar-refractivity contribution in [2.45, 2.75) is 25.9 Å². The van der Waals surface area contributed by atoms with E-state index in [0.29, 0.717) is 25.6 Å². The van der Waals surface area contributed by atoms with Crippen LogP contribution < -0.4 is 0 Å². The second-order valence-corrected chi connectivity index (χ2v) is 5.85. The molecule has 1 aliphatic rings. The zero-order valence-corrected chi connectivity index (χ0v) is 12.9. The number of carboxylic acid groups (broad SMARTS) is 1. The van der Waals surface area contributed by atoms with Crippen molar-refractivity contribution >= 4 is 22.0 Å². The van der Waals surface area contributed by atoms with E-state index in [2.05, 4.69) is 20.9 Å². The van der Waals surface area contributed by atoms with E-state index in [1.54, 1.807) is 6.20 Å². The van der Waals surface area contributed by atoms with Crippen LogP contribution in [0.2, 0.25) is 0 Å². The molecule has 2 rings (SSSR count). The van der Waals surface area contributed by atoms with Gasteiger partial charge in [-0.15, -0.1) is 0 Å². The second-order valence-electron chi connectivity index (χ2n) is 5.04. The van der Waals surface area contributed by atoms with Gasteiger partial charge in [-0.2, -0.15) is 0 Å². The molecular formula is C14H19BrN2O3. The Morgan fingerprint density at radius 1 is 1.50 bits per heavy atom. The van der Waals surface area contributed by atoms with Crippen LogP contribution in [0.3, 0.4) is 0 Å². The first-order valence-corrected chi connectivity index (χ1v) is 7.60. The minimum Gasteiger partial charge on any atom is -0.465 e. The van der Waals surface area contributed by atoms with Crippen LogP contribution in [0, 0.1) is 5.92 Å². The van der Waals surface area contributed by atoms with Gasteiger partial charge < -0.3 is 14.7 Å². The molecule has 0 radical (unpaired) electrons. The number of hydrogen-bond acceptors (Lipinski definition) is 3. The lowest BCUT2D eigenvalue weighted by Crippen LogP contribution is -2.37. The lowest BCUT2D eigenvalue weighted by molar-refractivity contribution is 0.0878. The Balaban J connectivity index is 1.61. The standard InChI is InChI=1S/C14H19BrN2O3/c15-13-9-12(1-5-16-13)10-20-8-4-11-2-6-17(7-3-11)14(18)19/h1,5,9,11H,2-4,6-8,10H2,(H,18,19). The van der Waals surface area contributed by atoms with Crippen molar-refractivity contribution in [1.29, 1.82) is 0 Å². The smallest absolute Gasteiger partial charge is 0.407 e. The monoisotopic (exact) mass is 342 g/mol. The Labute approximate surface area is 127 Å². The predicted molar refractivity (Wildman–Crippen MR) is 78.5 cm³/mol. The van der Waals surface area contributed by atoms with Gasteiger partial charge in [0.1, 0.15) is 4.60 Å². The fourth-order valence-electron chi connectivity index (χ4n) is 2.39. The second kappa shape index (κ2) is 7.59. The van der Waals surface area contributed by atoms with E-state index in [1.807, 2.05) is 12.1 Å². The van der Waals surface area contributed by atoms with Crippen molar-refractivity contribution in [2.75, 3.05) is 19.7 Å². The average molecular weight is 343 g/mol. The SMILES string of the molecule is O=C(O)N1CCC(CCOCc2ccnc(Br)c2)CC1. The number of hydrogen-bond donors (Lipinski definition) is 1. The van der Waals surface area contributed by atoms with Gasteiger partial charge >= 0.3 is 6.09 Å². The van der Waals surface area contributed by atoms with Gasteiger partial charge in [0.25, 0.3) is 0 Å². The van der Waals surface area contributed by atoms with Crippen LogP contribution in [0.5, 0.6) is 0 Å². The summed E-state index contributed by atoms with van der Waals surface area (Å²) in [6.45, 7) is 2.61. The number of ether oxygens (including phenoxy) is 1. The van der Waals surface area contributed by atoms with Crippen LogP contribution in [0.1, 0.15) is 24.8 Å². The highest BCUT2D eigenvalue weighted by molar-refractivity contribution is 9.10. The number of nitrogens with zero attached hydrogens (tertiary/aromatic N) is 2. The molecule has 0 aromatic carbocycles. The molecule has 0 unspecified atom stereocenters. The molecule has 1 aliphatic heterocycles. The topological polar surface area (TPSA) is 62.7 Å². The van der Waals surface area contributed by atoms with Gasteiger partial charge in [-0.05, 0) is 58.8 Å². The van der Waals surface area contributed by atoms with Crippen molar-refractivity contribution in [2.24, 2.45) is 5.92 Å². The largest absolute Gasteiger partial charge is 0.465 e. The van der Waals surface area contributed by atoms with Crippen LogP contribution >= 0.6 is 15.9 Å². The van der Waals surface area contributed by atoms with E-state index in [1.165, 1.54) is 4.90 Å². The highest BCUT2D eigenvalue weighted by atomic mass is 79.9. The van der Waals surface area contributed by atoms with E-state index in [0.717, 1.165) is 36.0 Å². The first-order chi connectivity index (χ1) is 9.65. The Kier molecular flexibility index (Phi) is 5.79. The third-order valence-electron chi connectivity index (χ3n) is 3.62. The third kappa shape index (κ3) is 4.76. The zero-order valence-electron chi connectivity index (χ0n) is 11.3. The van der Waals surface area contributed by atoms with Gasteiger partial charge in [-0.25, -0.2) is 9.78 Å². The molecule has 0 spiro atoms. The maximum absolute atomic E-state index is 10.8. The Morgan fingerprint density at radius 3 is 2.90 bits per heavy atom. The van der Waals surface area contributed by atoms with Gasteiger partial charge in [-0.1, -0.05) is 0 Å². The molecule has 5 nitrogen and oxygen atoms in total. The highest BCUT2D eigenvalue weighted by Gasteiger charge is 2.21. The van der Waals surface area contributed by atoms with Gasteiger partial charge in [0.15, 0.2) is 0 Å². The molecule has 1 aromatic rings. The summed E-state index contributed by atoms with van der Waals surface area (Å²) in [5.74, 6) is 0.578. The van der Waals surface area contributed by atoms with Crippen molar-refractivity contribution in [3.8, 4) is 0 Å². The number of aromatic nitrogens is 1. The summed E-state index contributed by atoms with van der Waals surface area (Å²) in [5, 5.41) is 8.88. The maximum Gasteiger partial charge on any atom is 0.407 e. The minimum atomic E-state index is -0.803. The number of halogens is 1. The maximum atomic E-state index is 10.8. The predicted octanol–water partition coefficient (Wildman–Crippen LogP) is 3.14. The zero-order chi connectivity index (χ0) is 14.4. The molecule has 2 heterocycles. The fraction of sp³-hybridized carbons (Fsp3) is 0.571. The van der Waals surface area contributed by atoms with Crippen LogP contribution in [0.15, 0.2) is 22.9 Å². The molecule has 1 aromatic heterocycles. The van der Waals surface area contributed by atoms with E-state index in [9.17, 15) is 4.79 Å². The number of carbonyl (C=O) groups is 1. The number of amides is 1. The summed E-state index contributed by atoms with van der Waals surface area (Å²) in [7, 11) is 0. The van der Waals surface area contributed by atoms with Crippen molar-refractivity contribution in [1.82, 2.24) is 9.88 Å². The summed E-state index contributed by atoms with van der Waals surface area (Å²) >= 11 is 3.33. The normalized spacial score (nSPS) is 16.4. The molecule has 20 heavy (non-hydrogen) atoms. The Hall–Kier alpha value is -1.14. The summed E-state index contributed by atoms with van der Waals surface area (Å²) in [6, 6.07) is 3.89. The number of likely N-dealkylation sites (tertiary alicyclic amines) is 1. The van der Waals surface area contributed by atoms with Crippen molar-refractivity contribution < 1.29 is 14.6 Å². The molecule has 0 aliphatic carbocycles. The van der Waals surface area contributed by atoms with Crippen molar-refractivity contribution in [3.63, 3.8) is 0 Å². The number of rotatable bonds is 5. The van der Waals surface area contributed by atoms with Crippen LogP contribution in [0.4, 0.5) is 4.79 Å². The molecule has 1 N–H and O–H groups in total. The highest BCUT2D eigenvalue weighted by Crippen LogP contribution is 2.20. The molecule has 110 valence electrons. The van der Waals surface area contributed by atoms with Crippen LogP contribution in [-0.2, 0) is 11.3 Å². The van der Waals surface area contributed by atoms with E-state index in [4.69, 9.17) is 9.84 Å². The van der Waals surface area contributed by atoms with Gasteiger partial charge in [0, 0.05) is 25.9 Å². The molecular weight excluding hydrogens is 324 g/mol. The summed E-state index contributed by atoms with van der Waals surface area (Å²) in [5.41, 5.74) is 1.10. The van der Waals surface area contributed by atoms with Crippen LogP contribution in [0.25, 0.3) is 0 Å². The molecule has 6 heteroatoms. The van der Waals surface area contributed by atoms with Gasteiger partial charge in [0.05, 0.1) is 6.61 Å². The van der Waals surface area contributed by atoms with Crippen molar-refractivity contribution in [3.05, 3.63) is 28.5 Å². The molecule has 1 fully saturated rings. The molecule has 0 bridgehead atoms. The van der Waals surface area contributed by atoms with E-state index < -0.39 is 6.09 Å². The van der Waals surface area contributed by atoms with Gasteiger partial charge in [0.2, 0.25) is 0 Å². The lowest BCUT2D eigenvalue weighted by atomic mass is 9.94. The molecule has 0 saturated carbocycles. The van der Waals surface area contributed by atoms with E-state index in [-0.39, 0.29) is 0 Å². The lowest BCUT2D eigenvalue weighted by Gasteiger charge is -2.29. The quantitative estimate of drug-likeness (QED) is 0.659. The molecule has 1 saturated heterocycles. The van der Waals surface area contributed by atoms with Crippen LogP contribution in [-0.4, -0.2) is 40.8 Å². The summed E-state index contributed by atoms with van der Waals surface area (Å²) in [6.07, 6.45) is 3.83. The Morgan fingerprint density at radius 2 is 2.25 bits per heavy atom. The fourth-order valence-corrected chi connectivity index (χ4v) is 2.80. The molecule has 0 atom stereocenters. The Bertz CT molecular complexity index is 448.